The summed E-state index contributed by atoms with van der Waals surface area (Å²) >= 11 is 0. The lowest BCUT2D eigenvalue weighted by atomic mass is 9.99. The number of likely N-dealkylation sites (N-methyl/N-ethyl adjacent to an activating group) is 1. The SMILES string of the molecule is CN[C@@H](CF)C(=O)Nc1ncc(-c2cccc(C#N)c2)n(Cc2cc(C(=O)c3ccc(F)cc3)cc(N3CCOCC3)c2)c1=O. The first kappa shape index (κ1) is 31.2. The highest BCUT2D eigenvalue weighted by atomic mass is 19.1. The molecule has 1 aliphatic heterocycles. The Morgan fingerprint density at radius 2 is 1.82 bits per heavy atom. The van der Waals surface area contributed by atoms with E-state index in [0.29, 0.717) is 59.8 Å². The van der Waals surface area contributed by atoms with Gasteiger partial charge in [0.1, 0.15) is 18.5 Å². The highest BCUT2D eigenvalue weighted by Gasteiger charge is 2.22. The van der Waals surface area contributed by atoms with Gasteiger partial charge in [0.15, 0.2) is 11.6 Å². The smallest absolute Gasteiger partial charge is 0.294 e. The predicted octanol–water partition coefficient (Wildman–Crippen LogP) is 3.53. The Morgan fingerprint density at radius 1 is 1.07 bits per heavy atom. The molecular weight excluding hydrogens is 582 g/mol. The van der Waals surface area contributed by atoms with Crippen LogP contribution >= 0.6 is 0 Å². The maximum Gasteiger partial charge on any atom is 0.294 e. The summed E-state index contributed by atoms with van der Waals surface area (Å²) in [4.78, 5) is 46.3. The average Bonchev–Trinajstić information content (AvgIpc) is 3.07. The number of nitrogens with zero attached hydrogens (tertiary/aromatic N) is 4. The molecule has 0 unspecified atom stereocenters. The third-order valence-corrected chi connectivity index (χ3v) is 7.47. The van der Waals surface area contributed by atoms with E-state index in [1.54, 1.807) is 36.4 Å². The minimum absolute atomic E-state index is 0.0449. The molecule has 0 spiro atoms. The van der Waals surface area contributed by atoms with Crippen molar-refractivity contribution in [3.8, 4) is 17.3 Å². The number of rotatable bonds is 10. The zero-order valence-corrected chi connectivity index (χ0v) is 24.4. The van der Waals surface area contributed by atoms with Crippen LogP contribution in [0.2, 0.25) is 0 Å². The topological polar surface area (TPSA) is 129 Å². The van der Waals surface area contributed by atoms with Gasteiger partial charge in [0.25, 0.3) is 5.56 Å². The minimum atomic E-state index is -1.18. The zero-order valence-electron chi connectivity index (χ0n) is 24.4. The van der Waals surface area contributed by atoms with Crippen molar-refractivity contribution in [2.75, 3.05) is 50.2 Å². The summed E-state index contributed by atoms with van der Waals surface area (Å²) in [7, 11) is 1.42. The van der Waals surface area contributed by atoms with Crippen LogP contribution in [0.1, 0.15) is 27.0 Å². The number of hydrogen-bond acceptors (Lipinski definition) is 8. The monoisotopic (exact) mass is 612 g/mol. The molecule has 1 fully saturated rings. The van der Waals surface area contributed by atoms with Gasteiger partial charge < -0.3 is 20.3 Å². The van der Waals surface area contributed by atoms with Gasteiger partial charge in [-0.2, -0.15) is 5.26 Å². The molecule has 1 aromatic heterocycles. The molecule has 0 bridgehead atoms. The molecule has 2 N–H and O–H groups in total. The Hall–Kier alpha value is -5.25. The number of carbonyl (C=O) groups excluding carboxylic acids is 2. The first-order chi connectivity index (χ1) is 21.8. The number of ketones is 1. The van der Waals surface area contributed by atoms with Gasteiger partial charge in [-0.3, -0.25) is 19.0 Å². The largest absolute Gasteiger partial charge is 0.378 e. The second-order valence-electron chi connectivity index (χ2n) is 10.4. The van der Waals surface area contributed by atoms with Gasteiger partial charge >= 0.3 is 0 Å². The number of benzene rings is 3. The number of alkyl halides is 1. The molecule has 1 saturated heterocycles. The van der Waals surface area contributed by atoms with Crippen molar-refractivity contribution in [1.29, 1.82) is 5.26 Å². The summed E-state index contributed by atoms with van der Waals surface area (Å²) < 4.78 is 33.8. The Morgan fingerprint density at radius 3 is 2.51 bits per heavy atom. The Kier molecular flexibility index (Phi) is 9.72. The molecule has 2 heterocycles. The van der Waals surface area contributed by atoms with Crippen LogP contribution in [0.3, 0.4) is 0 Å². The first-order valence-corrected chi connectivity index (χ1v) is 14.2. The lowest BCUT2D eigenvalue weighted by Crippen LogP contribution is -2.41. The third kappa shape index (κ3) is 7.12. The number of aromatic nitrogens is 2. The summed E-state index contributed by atoms with van der Waals surface area (Å²) in [6.07, 6.45) is 1.40. The third-order valence-electron chi connectivity index (χ3n) is 7.47. The average molecular weight is 613 g/mol. The molecule has 0 saturated carbocycles. The fourth-order valence-corrected chi connectivity index (χ4v) is 5.04. The number of nitriles is 1. The van der Waals surface area contributed by atoms with Crippen molar-refractivity contribution in [1.82, 2.24) is 14.9 Å². The van der Waals surface area contributed by atoms with Crippen LogP contribution in [0.25, 0.3) is 11.3 Å². The fraction of sp³-hybridized carbons (Fsp3) is 0.242. The van der Waals surface area contributed by atoms with E-state index in [1.165, 1.54) is 42.1 Å². The van der Waals surface area contributed by atoms with Gasteiger partial charge in [-0.15, -0.1) is 0 Å². The van der Waals surface area contributed by atoms with Crippen LogP contribution in [0.5, 0.6) is 0 Å². The fourth-order valence-electron chi connectivity index (χ4n) is 5.04. The molecular formula is C33H30F2N6O4. The second-order valence-corrected chi connectivity index (χ2v) is 10.4. The molecule has 1 amide bonds. The van der Waals surface area contributed by atoms with E-state index in [2.05, 4.69) is 26.6 Å². The molecule has 5 rings (SSSR count). The predicted molar refractivity (Wildman–Crippen MR) is 165 cm³/mol. The van der Waals surface area contributed by atoms with Gasteiger partial charge in [0, 0.05) is 35.5 Å². The number of anilines is 2. The molecule has 4 aromatic rings. The molecule has 45 heavy (non-hydrogen) atoms. The summed E-state index contributed by atoms with van der Waals surface area (Å²) in [5, 5.41) is 14.4. The quantitative estimate of drug-likeness (QED) is 0.260. The van der Waals surface area contributed by atoms with Crippen molar-refractivity contribution in [3.05, 3.63) is 111 Å². The van der Waals surface area contributed by atoms with Crippen LogP contribution in [-0.2, 0) is 16.1 Å². The lowest BCUT2D eigenvalue weighted by molar-refractivity contribution is -0.118. The number of hydrogen-bond donors (Lipinski definition) is 2. The van der Waals surface area contributed by atoms with E-state index >= 15 is 0 Å². The van der Waals surface area contributed by atoms with Gasteiger partial charge in [-0.05, 0) is 67.2 Å². The molecule has 3 aromatic carbocycles. The first-order valence-electron chi connectivity index (χ1n) is 14.2. The highest BCUT2D eigenvalue weighted by molar-refractivity contribution is 6.09. The van der Waals surface area contributed by atoms with Crippen molar-refractivity contribution < 1.29 is 23.1 Å². The van der Waals surface area contributed by atoms with Crippen LogP contribution in [0, 0.1) is 17.1 Å². The molecule has 1 aliphatic rings. The van der Waals surface area contributed by atoms with Crippen molar-refractivity contribution in [2.45, 2.75) is 12.6 Å². The lowest BCUT2D eigenvalue weighted by Gasteiger charge is -2.29. The zero-order chi connectivity index (χ0) is 31.9. The van der Waals surface area contributed by atoms with E-state index in [4.69, 9.17) is 4.74 Å². The van der Waals surface area contributed by atoms with E-state index in [1.807, 2.05) is 6.07 Å². The summed E-state index contributed by atoms with van der Waals surface area (Å²) in [5.74, 6) is -1.86. The number of carbonyl (C=O) groups is 2. The molecule has 0 radical (unpaired) electrons. The van der Waals surface area contributed by atoms with E-state index in [0.717, 1.165) is 5.69 Å². The normalized spacial score (nSPS) is 13.6. The van der Waals surface area contributed by atoms with Crippen LogP contribution in [0.4, 0.5) is 20.3 Å². The van der Waals surface area contributed by atoms with Crippen molar-refractivity contribution >= 4 is 23.2 Å². The molecule has 12 heteroatoms. The van der Waals surface area contributed by atoms with E-state index < -0.39 is 30.0 Å². The van der Waals surface area contributed by atoms with Gasteiger partial charge in [0.05, 0.1) is 43.3 Å². The molecule has 230 valence electrons. The molecule has 10 nitrogen and oxygen atoms in total. The molecule has 0 aliphatic carbocycles. The Labute approximate surface area is 257 Å². The highest BCUT2D eigenvalue weighted by Crippen LogP contribution is 2.26. The van der Waals surface area contributed by atoms with Gasteiger partial charge in [-0.1, -0.05) is 12.1 Å². The van der Waals surface area contributed by atoms with E-state index in [-0.39, 0.29) is 18.1 Å². The maximum atomic E-state index is 13.9. The summed E-state index contributed by atoms with van der Waals surface area (Å²) in [5.41, 5.74) is 2.55. The second kappa shape index (κ2) is 14.0. The standard InChI is InChI=1S/C33H30F2N6O4/c1-37-28(17-34)32(43)39-31-33(44)41(29(19-38-31)24-4-2-3-21(13-24)18-36)20-22-14-25(30(42)23-5-7-26(35)8-6-23)16-27(15-22)40-9-11-45-12-10-40/h2-8,13-16,19,28,37H,9-12,17,20H2,1H3,(H,38,39,43)/t28-/m0/s1. The van der Waals surface area contributed by atoms with Crippen LogP contribution in [0.15, 0.2) is 77.7 Å². The summed E-state index contributed by atoms with van der Waals surface area (Å²) in [6, 6.07) is 18.1. The maximum absolute atomic E-state index is 13.9. The van der Waals surface area contributed by atoms with Crippen LogP contribution in [-0.4, -0.2) is 67.3 Å². The number of amides is 1. The number of nitrogens with one attached hydrogen (secondary N) is 2. The van der Waals surface area contributed by atoms with E-state index in [9.17, 15) is 28.4 Å². The van der Waals surface area contributed by atoms with Gasteiger partial charge in [0.2, 0.25) is 5.91 Å². The number of halogens is 2. The van der Waals surface area contributed by atoms with Crippen molar-refractivity contribution in [2.24, 2.45) is 0 Å². The Balaban J connectivity index is 1.63. The van der Waals surface area contributed by atoms with Crippen LogP contribution < -0.4 is 21.1 Å². The van der Waals surface area contributed by atoms with Crippen molar-refractivity contribution in [3.63, 3.8) is 0 Å². The number of ether oxygens (including phenoxy) is 1. The number of morpholine rings is 1. The summed E-state index contributed by atoms with van der Waals surface area (Å²) in [6.45, 7) is 1.15. The minimum Gasteiger partial charge on any atom is -0.378 e. The molecule has 1 atom stereocenters. The Bertz CT molecular complexity index is 1810. The van der Waals surface area contributed by atoms with Gasteiger partial charge in [-0.25, -0.2) is 13.8 Å².